The van der Waals surface area contributed by atoms with Crippen molar-refractivity contribution in [3.8, 4) is 11.5 Å². The highest BCUT2D eigenvalue weighted by Gasteiger charge is 2.08. The van der Waals surface area contributed by atoms with Gasteiger partial charge in [0, 0.05) is 35.7 Å². The van der Waals surface area contributed by atoms with Crippen LogP contribution in [-0.2, 0) is 6.42 Å². The molecule has 6 nitrogen and oxygen atoms in total. The number of benzene rings is 4. The van der Waals surface area contributed by atoms with Gasteiger partial charge in [-0.2, -0.15) is 0 Å². The average molecular weight is 547 g/mol. The third-order valence-electron chi connectivity index (χ3n) is 6.56. The Morgan fingerprint density at radius 1 is 0.610 bits per heavy atom. The quantitative estimate of drug-likeness (QED) is 0.141. The van der Waals surface area contributed by atoms with Crippen LogP contribution in [0.1, 0.15) is 43.0 Å². The highest BCUT2D eigenvalue weighted by atomic mass is 16.5. The highest BCUT2D eigenvalue weighted by Crippen LogP contribution is 2.30. The molecule has 41 heavy (non-hydrogen) atoms. The van der Waals surface area contributed by atoms with E-state index in [0.29, 0.717) is 29.0 Å². The smallest absolute Gasteiger partial charge is 0.187 e. The minimum Gasteiger partial charge on any atom is -0.495 e. The number of ether oxygens (including phenoxy) is 2. The van der Waals surface area contributed by atoms with Gasteiger partial charge in [0.15, 0.2) is 11.6 Å². The number of hydrogen-bond acceptors (Lipinski definition) is 6. The number of carbonyl (C=O) groups is 2. The summed E-state index contributed by atoms with van der Waals surface area (Å²) in [5, 5.41) is 6.30. The van der Waals surface area contributed by atoms with E-state index in [9.17, 15) is 9.59 Å². The molecule has 0 radical (unpaired) electrons. The van der Waals surface area contributed by atoms with Gasteiger partial charge in [0.05, 0.1) is 25.6 Å². The molecular weight excluding hydrogens is 512 g/mol. The lowest BCUT2D eigenvalue weighted by molar-refractivity contribution is 0.103. The largest absolute Gasteiger partial charge is 0.495 e. The molecule has 0 heterocycles. The fraction of sp³-hybridized carbons (Fsp3) is 0.143. The molecule has 0 saturated carbocycles. The Labute approximate surface area is 241 Å². The Balaban J connectivity index is 1.38. The van der Waals surface area contributed by atoms with Gasteiger partial charge in [-0.1, -0.05) is 71.8 Å². The van der Waals surface area contributed by atoms with Gasteiger partial charge in [-0.15, -0.1) is 0 Å². The summed E-state index contributed by atoms with van der Waals surface area (Å²) < 4.78 is 11.2. The summed E-state index contributed by atoms with van der Waals surface area (Å²) in [6.45, 7) is 3.98. The number of nitrogens with one attached hydrogen (secondary N) is 2. The molecule has 0 spiro atoms. The van der Waals surface area contributed by atoms with Crippen LogP contribution < -0.4 is 20.1 Å². The van der Waals surface area contributed by atoms with Gasteiger partial charge in [0.25, 0.3) is 0 Å². The first-order valence-corrected chi connectivity index (χ1v) is 13.3. The fourth-order valence-corrected chi connectivity index (χ4v) is 4.21. The molecule has 4 aromatic rings. The lowest BCUT2D eigenvalue weighted by Crippen LogP contribution is -1.99. The normalized spacial score (nSPS) is 11.0. The summed E-state index contributed by atoms with van der Waals surface area (Å²) in [6.07, 6.45) is 6.93. The Bertz CT molecular complexity index is 1450. The molecule has 2 N–H and O–H groups in total. The Morgan fingerprint density at radius 2 is 1.00 bits per heavy atom. The van der Waals surface area contributed by atoms with Gasteiger partial charge in [-0.25, -0.2) is 0 Å². The molecule has 0 bridgehead atoms. The zero-order chi connectivity index (χ0) is 29.2. The number of ketones is 2. The predicted octanol–water partition coefficient (Wildman–Crippen LogP) is 7.53. The maximum absolute atomic E-state index is 12.4. The Hall–Kier alpha value is -5.10. The van der Waals surface area contributed by atoms with Crippen LogP contribution in [0.5, 0.6) is 11.5 Å². The van der Waals surface area contributed by atoms with E-state index < -0.39 is 0 Å². The number of methoxy groups -OCH3 is 2. The Kier molecular flexibility index (Phi) is 9.73. The summed E-state index contributed by atoms with van der Waals surface area (Å²) in [5.74, 6) is 1.19. The van der Waals surface area contributed by atoms with Crippen molar-refractivity contribution >= 4 is 22.9 Å². The van der Waals surface area contributed by atoms with Crippen LogP contribution in [0.4, 0.5) is 11.4 Å². The van der Waals surface area contributed by atoms with E-state index in [4.69, 9.17) is 9.47 Å². The first-order chi connectivity index (χ1) is 19.9. The van der Waals surface area contributed by atoms with Gasteiger partial charge in [-0.3, -0.25) is 9.59 Å². The number of hydrogen-bond donors (Lipinski definition) is 2. The van der Waals surface area contributed by atoms with Crippen molar-refractivity contribution in [3.63, 3.8) is 0 Å². The van der Waals surface area contributed by atoms with E-state index in [1.54, 1.807) is 26.6 Å². The molecule has 4 rings (SSSR count). The lowest BCUT2D eigenvalue weighted by Gasteiger charge is -2.13. The topological polar surface area (TPSA) is 76.7 Å². The molecule has 0 atom stereocenters. The van der Waals surface area contributed by atoms with Crippen molar-refractivity contribution in [2.24, 2.45) is 0 Å². The lowest BCUT2D eigenvalue weighted by atomic mass is 10.0. The van der Waals surface area contributed by atoms with Crippen LogP contribution >= 0.6 is 0 Å². The summed E-state index contributed by atoms with van der Waals surface area (Å²) in [7, 11) is 3.23. The van der Waals surface area contributed by atoms with Gasteiger partial charge < -0.3 is 20.1 Å². The van der Waals surface area contributed by atoms with Crippen LogP contribution in [0.25, 0.3) is 0 Å². The monoisotopic (exact) mass is 546 g/mol. The van der Waals surface area contributed by atoms with E-state index in [2.05, 4.69) is 10.6 Å². The van der Waals surface area contributed by atoms with E-state index in [1.165, 1.54) is 12.2 Å². The van der Waals surface area contributed by atoms with Gasteiger partial charge >= 0.3 is 0 Å². The summed E-state index contributed by atoms with van der Waals surface area (Å²) in [5.41, 5.74) is 7.12. The molecule has 6 heteroatoms. The first kappa shape index (κ1) is 28.9. The van der Waals surface area contributed by atoms with Crippen molar-refractivity contribution in [2.45, 2.75) is 20.3 Å². The van der Waals surface area contributed by atoms with E-state index >= 15 is 0 Å². The summed E-state index contributed by atoms with van der Waals surface area (Å²) in [6, 6.07) is 26.8. The second-order valence-corrected chi connectivity index (χ2v) is 9.66. The average Bonchev–Trinajstić information content (AvgIpc) is 2.98. The van der Waals surface area contributed by atoms with Gasteiger partial charge in [0.2, 0.25) is 0 Å². The van der Waals surface area contributed by atoms with Crippen LogP contribution in [0.2, 0.25) is 0 Å². The third-order valence-corrected chi connectivity index (χ3v) is 6.56. The summed E-state index contributed by atoms with van der Waals surface area (Å²) >= 11 is 0. The standard InChI is InChI=1S/C35H34N2O4/c1-24-5-11-28(12-6-24)32(38)17-19-36-30-15-9-26(22-34(30)40-3)21-27-10-16-31(35(23-27)41-4)37-20-18-33(39)29-13-7-25(2)8-14-29/h5-20,22-23,36-37H,21H2,1-4H3/b19-17+,20-18+. The first-order valence-electron chi connectivity index (χ1n) is 13.3. The zero-order valence-corrected chi connectivity index (χ0v) is 23.7. The number of anilines is 2. The molecule has 0 saturated heterocycles. The van der Waals surface area contributed by atoms with Gasteiger partial charge in [0.1, 0.15) is 11.5 Å². The number of aryl methyl sites for hydroxylation is 2. The molecule has 0 fully saturated rings. The fourth-order valence-electron chi connectivity index (χ4n) is 4.21. The van der Waals surface area contributed by atoms with Crippen LogP contribution in [0.3, 0.4) is 0 Å². The second-order valence-electron chi connectivity index (χ2n) is 9.66. The van der Waals surface area contributed by atoms with Crippen molar-refractivity contribution in [3.05, 3.63) is 143 Å². The maximum atomic E-state index is 12.4. The second kappa shape index (κ2) is 13.8. The molecular formula is C35H34N2O4. The van der Waals surface area contributed by atoms with E-state index in [-0.39, 0.29) is 11.6 Å². The molecule has 4 aromatic carbocycles. The molecule has 208 valence electrons. The SMILES string of the molecule is COc1cc(Cc2ccc(N/C=C/C(=O)c3ccc(C)cc3)c(OC)c2)ccc1N/C=C/C(=O)c1ccc(C)cc1. The summed E-state index contributed by atoms with van der Waals surface area (Å²) in [4.78, 5) is 24.8. The molecule has 0 aromatic heterocycles. The van der Waals surface area contributed by atoms with Crippen molar-refractivity contribution < 1.29 is 19.1 Å². The van der Waals surface area contributed by atoms with Crippen LogP contribution in [-0.4, -0.2) is 25.8 Å². The van der Waals surface area contributed by atoms with Crippen molar-refractivity contribution in [1.82, 2.24) is 0 Å². The number of carbonyl (C=O) groups excluding carboxylic acids is 2. The Morgan fingerprint density at radius 3 is 1.37 bits per heavy atom. The highest BCUT2D eigenvalue weighted by molar-refractivity contribution is 6.05. The number of allylic oxidation sites excluding steroid dienone is 2. The minimum atomic E-state index is -0.0756. The van der Waals surface area contributed by atoms with E-state index in [0.717, 1.165) is 33.6 Å². The molecule has 0 aliphatic heterocycles. The predicted molar refractivity (Wildman–Crippen MR) is 165 cm³/mol. The van der Waals surface area contributed by atoms with Crippen molar-refractivity contribution in [1.29, 1.82) is 0 Å². The molecule has 0 aliphatic rings. The third kappa shape index (κ3) is 7.96. The zero-order valence-electron chi connectivity index (χ0n) is 23.7. The minimum absolute atomic E-state index is 0.0756. The molecule has 0 unspecified atom stereocenters. The van der Waals surface area contributed by atoms with Crippen LogP contribution in [0.15, 0.2) is 109 Å². The van der Waals surface area contributed by atoms with Crippen molar-refractivity contribution in [2.75, 3.05) is 24.9 Å². The molecule has 0 amide bonds. The maximum Gasteiger partial charge on any atom is 0.187 e. The van der Waals surface area contributed by atoms with Crippen LogP contribution in [0, 0.1) is 13.8 Å². The van der Waals surface area contributed by atoms with Gasteiger partial charge in [-0.05, 0) is 55.7 Å². The molecule has 0 aliphatic carbocycles. The van der Waals surface area contributed by atoms with E-state index in [1.807, 2.05) is 98.8 Å². The number of rotatable bonds is 12.